The Morgan fingerprint density at radius 1 is 1.39 bits per heavy atom. The largest absolute Gasteiger partial charge is 0.494 e. The third-order valence-corrected chi connectivity index (χ3v) is 2.96. The number of nitrogens with two attached hydrogens (primary N) is 1. The van der Waals surface area contributed by atoms with E-state index in [-0.39, 0.29) is 17.9 Å². The molecule has 5 heteroatoms. The zero-order valence-electron chi connectivity index (χ0n) is 11.1. The van der Waals surface area contributed by atoms with Crippen LogP contribution in [0.2, 0.25) is 0 Å². The molecule has 0 bridgehead atoms. The van der Waals surface area contributed by atoms with Crippen LogP contribution in [0.25, 0.3) is 0 Å². The van der Waals surface area contributed by atoms with Crippen LogP contribution in [0.3, 0.4) is 0 Å². The van der Waals surface area contributed by atoms with Crippen LogP contribution in [-0.4, -0.2) is 20.3 Å². The van der Waals surface area contributed by atoms with Crippen molar-refractivity contribution in [3.63, 3.8) is 0 Å². The molecule has 2 atom stereocenters. The van der Waals surface area contributed by atoms with Crippen molar-refractivity contribution in [2.24, 2.45) is 5.84 Å². The third kappa shape index (κ3) is 3.41. The summed E-state index contributed by atoms with van der Waals surface area (Å²) >= 11 is 0. The van der Waals surface area contributed by atoms with Crippen molar-refractivity contribution in [3.05, 3.63) is 29.6 Å². The molecule has 102 valence electrons. The average Bonchev–Trinajstić information content (AvgIpc) is 2.38. The predicted molar refractivity (Wildman–Crippen MR) is 68.7 cm³/mol. The summed E-state index contributed by atoms with van der Waals surface area (Å²) in [4.78, 5) is 0. The molecule has 0 aromatic heterocycles. The highest BCUT2D eigenvalue weighted by atomic mass is 19.1. The van der Waals surface area contributed by atoms with Gasteiger partial charge in [-0.25, -0.2) is 4.39 Å². The number of hydrogen-bond acceptors (Lipinski definition) is 4. The number of hydrogen-bond donors (Lipinski definition) is 2. The van der Waals surface area contributed by atoms with Crippen LogP contribution in [0.4, 0.5) is 4.39 Å². The van der Waals surface area contributed by atoms with E-state index in [1.54, 1.807) is 19.2 Å². The van der Waals surface area contributed by atoms with E-state index in [4.69, 9.17) is 15.3 Å². The van der Waals surface area contributed by atoms with Crippen molar-refractivity contribution in [2.45, 2.75) is 31.9 Å². The summed E-state index contributed by atoms with van der Waals surface area (Å²) in [6.45, 7) is 2.06. The van der Waals surface area contributed by atoms with E-state index in [1.165, 1.54) is 13.2 Å². The van der Waals surface area contributed by atoms with Gasteiger partial charge in [0.2, 0.25) is 0 Å². The van der Waals surface area contributed by atoms with Gasteiger partial charge in [-0.05, 0) is 24.1 Å². The van der Waals surface area contributed by atoms with Crippen LogP contribution in [0.1, 0.15) is 31.4 Å². The second-order valence-corrected chi connectivity index (χ2v) is 4.10. The molecule has 0 aliphatic rings. The molecule has 0 spiro atoms. The lowest BCUT2D eigenvalue weighted by Crippen LogP contribution is -2.37. The number of ether oxygens (including phenoxy) is 2. The van der Waals surface area contributed by atoms with Gasteiger partial charge in [0, 0.05) is 7.11 Å². The van der Waals surface area contributed by atoms with Crippen molar-refractivity contribution >= 4 is 0 Å². The Bertz CT molecular complexity index is 374. The summed E-state index contributed by atoms with van der Waals surface area (Å²) in [7, 11) is 3.07. The third-order valence-electron chi connectivity index (χ3n) is 2.96. The Morgan fingerprint density at radius 3 is 2.56 bits per heavy atom. The number of hydrazine groups is 1. The molecule has 3 N–H and O–H groups in total. The molecule has 0 fully saturated rings. The summed E-state index contributed by atoms with van der Waals surface area (Å²) in [5, 5.41) is 0. The fraction of sp³-hybridized carbons (Fsp3) is 0.538. The molecule has 0 aliphatic carbocycles. The number of halogens is 1. The highest BCUT2D eigenvalue weighted by molar-refractivity contribution is 5.31. The van der Waals surface area contributed by atoms with Gasteiger partial charge >= 0.3 is 0 Å². The Hall–Kier alpha value is -1.17. The predicted octanol–water partition coefficient (Wildman–Crippen LogP) is 2.15. The molecule has 2 unspecified atom stereocenters. The maximum absolute atomic E-state index is 13.7. The first kappa shape index (κ1) is 14.9. The molecule has 0 radical (unpaired) electrons. The highest BCUT2D eigenvalue weighted by Crippen LogP contribution is 2.26. The SMILES string of the molecule is CCCC(OC)C(NN)c1ccc(OC)c(F)c1. The van der Waals surface area contributed by atoms with Gasteiger partial charge in [0.25, 0.3) is 0 Å². The van der Waals surface area contributed by atoms with Crippen LogP contribution in [0, 0.1) is 5.82 Å². The Kier molecular flexibility index (Phi) is 6.04. The van der Waals surface area contributed by atoms with Crippen LogP contribution in [0.15, 0.2) is 18.2 Å². The number of rotatable bonds is 7. The van der Waals surface area contributed by atoms with Gasteiger partial charge in [-0.3, -0.25) is 11.3 Å². The lowest BCUT2D eigenvalue weighted by atomic mass is 9.98. The topological polar surface area (TPSA) is 56.5 Å². The fourth-order valence-electron chi connectivity index (χ4n) is 2.00. The number of methoxy groups -OCH3 is 2. The number of benzene rings is 1. The van der Waals surface area contributed by atoms with Crippen LogP contribution < -0.4 is 16.0 Å². The molecule has 4 nitrogen and oxygen atoms in total. The normalized spacial score (nSPS) is 14.3. The molecule has 18 heavy (non-hydrogen) atoms. The molecule has 1 aromatic carbocycles. The molecule has 1 rings (SSSR count). The Morgan fingerprint density at radius 2 is 2.11 bits per heavy atom. The first-order valence-corrected chi connectivity index (χ1v) is 6.00. The van der Waals surface area contributed by atoms with E-state index in [2.05, 4.69) is 12.3 Å². The molecule has 0 aliphatic heterocycles. The van der Waals surface area contributed by atoms with Crippen LogP contribution in [0.5, 0.6) is 5.75 Å². The Balaban J connectivity index is 2.97. The maximum atomic E-state index is 13.7. The van der Waals surface area contributed by atoms with Crippen LogP contribution in [-0.2, 0) is 4.74 Å². The van der Waals surface area contributed by atoms with E-state index in [0.717, 1.165) is 18.4 Å². The minimum Gasteiger partial charge on any atom is -0.494 e. The van der Waals surface area contributed by atoms with Crippen molar-refractivity contribution in [2.75, 3.05) is 14.2 Å². The Labute approximate surface area is 107 Å². The van der Waals surface area contributed by atoms with Crippen LogP contribution >= 0.6 is 0 Å². The lowest BCUT2D eigenvalue weighted by Gasteiger charge is -2.25. The molecule has 0 saturated heterocycles. The summed E-state index contributed by atoms with van der Waals surface area (Å²) < 4.78 is 24.0. The first-order chi connectivity index (χ1) is 8.67. The van der Waals surface area contributed by atoms with E-state index in [1.807, 2.05) is 0 Å². The molecule has 1 aromatic rings. The summed E-state index contributed by atoms with van der Waals surface area (Å²) in [5.41, 5.74) is 3.43. The molecular formula is C13H21FN2O2. The van der Waals surface area contributed by atoms with E-state index >= 15 is 0 Å². The zero-order valence-corrected chi connectivity index (χ0v) is 11.1. The van der Waals surface area contributed by atoms with E-state index in [0.29, 0.717) is 0 Å². The average molecular weight is 256 g/mol. The van der Waals surface area contributed by atoms with Gasteiger partial charge in [0.15, 0.2) is 11.6 Å². The van der Waals surface area contributed by atoms with Gasteiger partial charge in [-0.2, -0.15) is 0 Å². The minimum absolute atomic E-state index is 0.0900. The fourth-order valence-corrected chi connectivity index (χ4v) is 2.00. The molecule has 0 saturated carbocycles. The molecule has 0 amide bonds. The number of nitrogens with one attached hydrogen (secondary N) is 1. The summed E-state index contributed by atoms with van der Waals surface area (Å²) in [6, 6.07) is 4.56. The van der Waals surface area contributed by atoms with Gasteiger partial charge in [0.05, 0.1) is 19.3 Å². The summed E-state index contributed by atoms with van der Waals surface area (Å²) in [5.74, 6) is 5.37. The molecular weight excluding hydrogens is 235 g/mol. The quantitative estimate of drug-likeness (QED) is 0.580. The second-order valence-electron chi connectivity index (χ2n) is 4.10. The van der Waals surface area contributed by atoms with E-state index < -0.39 is 5.82 Å². The van der Waals surface area contributed by atoms with Gasteiger partial charge in [0.1, 0.15) is 0 Å². The minimum atomic E-state index is -0.401. The first-order valence-electron chi connectivity index (χ1n) is 6.00. The van der Waals surface area contributed by atoms with Crippen molar-refractivity contribution in [3.8, 4) is 5.75 Å². The lowest BCUT2D eigenvalue weighted by molar-refractivity contribution is 0.0605. The highest BCUT2D eigenvalue weighted by Gasteiger charge is 2.22. The second kappa shape index (κ2) is 7.31. The van der Waals surface area contributed by atoms with Gasteiger partial charge in [-0.15, -0.1) is 0 Å². The maximum Gasteiger partial charge on any atom is 0.165 e. The van der Waals surface area contributed by atoms with Gasteiger partial charge < -0.3 is 9.47 Å². The van der Waals surface area contributed by atoms with E-state index in [9.17, 15) is 4.39 Å². The van der Waals surface area contributed by atoms with Crippen molar-refractivity contribution < 1.29 is 13.9 Å². The zero-order chi connectivity index (χ0) is 13.5. The van der Waals surface area contributed by atoms with Gasteiger partial charge in [-0.1, -0.05) is 19.4 Å². The van der Waals surface area contributed by atoms with Crippen molar-refractivity contribution in [1.29, 1.82) is 0 Å². The monoisotopic (exact) mass is 256 g/mol. The summed E-state index contributed by atoms with van der Waals surface area (Å²) in [6.07, 6.45) is 1.72. The standard InChI is InChI=1S/C13H21FN2O2/c1-4-5-12(18-3)13(16-15)9-6-7-11(17-2)10(14)8-9/h6-8,12-13,16H,4-5,15H2,1-3H3. The molecule has 0 heterocycles. The van der Waals surface area contributed by atoms with Crippen molar-refractivity contribution in [1.82, 2.24) is 5.43 Å². The smallest absolute Gasteiger partial charge is 0.165 e.